The second-order valence-corrected chi connectivity index (χ2v) is 10.2. The Morgan fingerprint density at radius 3 is 2.56 bits per heavy atom. The van der Waals surface area contributed by atoms with Gasteiger partial charge in [0.2, 0.25) is 5.43 Å². The van der Waals surface area contributed by atoms with Gasteiger partial charge in [0, 0.05) is 36.5 Å². The van der Waals surface area contributed by atoms with Gasteiger partial charge in [-0.3, -0.25) is 19.3 Å². The monoisotopic (exact) mass is 576 g/mol. The summed E-state index contributed by atoms with van der Waals surface area (Å²) < 4.78 is 85.6. The lowest BCUT2D eigenvalue weighted by Crippen LogP contribution is -2.66. The zero-order valence-electron chi connectivity index (χ0n) is 21.1. The van der Waals surface area contributed by atoms with Gasteiger partial charge in [-0.25, -0.2) is 8.78 Å². The molecule has 0 radical (unpaired) electrons. The Kier molecular flexibility index (Phi) is 5.52. The lowest BCUT2D eigenvalue weighted by Gasteiger charge is -2.51. The maximum absolute atomic E-state index is 15.6. The molecule has 4 aliphatic heterocycles. The number of rotatable bonds is 1. The molecular weight excluding hydrogens is 555 g/mol. The fourth-order valence-corrected chi connectivity index (χ4v) is 6.24. The van der Waals surface area contributed by atoms with E-state index in [2.05, 4.69) is 0 Å². The number of alkyl halides is 3. The average molecular weight is 576 g/mol. The van der Waals surface area contributed by atoms with E-state index in [0.717, 1.165) is 17.0 Å². The summed E-state index contributed by atoms with van der Waals surface area (Å²) in [5, 5.41) is 12.2. The van der Waals surface area contributed by atoms with Gasteiger partial charge in [-0.15, -0.1) is 0 Å². The number of para-hydroxylation sites is 1. The first-order valence-corrected chi connectivity index (χ1v) is 12.8. The van der Waals surface area contributed by atoms with Crippen LogP contribution < -0.4 is 20.1 Å². The van der Waals surface area contributed by atoms with Gasteiger partial charge in [-0.1, -0.05) is 18.2 Å². The van der Waals surface area contributed by atoms with E-state index in [4.69, 9.17) is 9.47 Å². The SMILES string of the molecule is O=C1c2c(O)c(=O)ccn2N([C@H]2c3ccc(F)c(F)c3CN3c4c(cccc42)OCC3C(F)(F)F)[C@@H]2COCCN12. The van der Waals surface area contributed by atoms with Crippen LogP contribution >= 0.6 is 0 Å². The van der Waals surface area contributed by atoms with E-state index < -0.39 is 66.3 Å². The van der Waals surface area contributed by atoms with E-state index in [-0.39, 0.29) is 53.6 Å². The fourth-order valence-electron chi connectivity index (χ4n) is 6.24. The number of halogens is 5. The average Bonchev–Trinajstić information content (AvgIpc) is 3.09. The van der Waals surface area contributed by atoms with Crippen LogP contribution in [0.5, 0.6) is 11.5 Å². The predicted octanol–water partition coefficient (Wildman–Crippen LogP) is 3.02. The number of pyridine rings is 1. The highest BCUT2D eigenvalue weighted by atomic mass is 19.4. The molecule has 3 atom stereocenters. The summed E-state index contributed by atoms with van der Waals surface area (Å²) in [6, 6.07) is 4.56. The Morgan fingerprint density at radius 1 is 0.976 bits per heavy atom. The fraction of sp³-hybridized carbons (Fsp3) is 0.333. The molecule has 1 N–H and O–H groups in total. The second kappa shape index (κ2) is 8.83. The molecule has 1 amide bonds. The largest absolute Gasteiger partial charge is 0.502 e. The number of hydrogen-bond acceptors (Lipinski definition) is 7. The summed E-state index contributed by atoms with van der Waals surface area (Å²) in [4.78, 5) is 28.2. The molecule has 214 valence electrons. The molecule has 0 spiro atoms. The van der Waals surface area contributed by atoms with Crippen LogP contribution in [0.3, 0.4) is 0 Å². The number of fused-ring (bicyclic) bond motifs is 3. The van der Waals surface area contributed by atoms with Crippen LogP contribution in [0.2, 0.25) is 0 Å². The molecule has 7 rings (SSSR count). The molecule has 2 aromatic carbocycles. The molecule has 4 aliphatic rings. The van der Waals surface area contributed by atoms with Crippen LogP contribution in [0.1, 0.15) is 33.2 Å². The molecule has 0 aliphatic carbocycles. The van der Waals surface area contributed by atoms with E-state index >= 15 is 4.39 Å². The highest BCUT2D eigenvalue weighted by molar-refractivity contribution is 5.96. The number of aromatic hydroxyl groups is 1. The van der Waals surface area contributed by atoms with Crippen LogP contribution in [0.15, 0.2) is 47.4 Å². The van der Waals surface area contributed by atoms with Gasteiger partial charge in [0.15, 0.2) is 29.1 Å². The molecular formula is C27H21F5N4O5. The molecule has 14 heteroatoms. The van der Waals surface area contributed by atoms with E-state index in [1.165, 1.54) is 27.9 Å². The minimum atomic E-state index is -4.77. The molecule has 1 fully saturated rings. The van der Waals surface area contributed by atoms with E-state index in [1.807, 2.05) is 0 Å². The van der Waals surface area contributed by atoms with Crippen molar-refractivity contribution in [3.05, 3.63) is 86.8 Å². The van der Waals surface area contributed by atoms with Crippen molar-refractivity contribution in [2.75, 3.05) is 36.3 Å². The van der Waals surface area contributed by atoms with E-state index in [0.29, 0.717) is 0 Å². The quantitative estimate of drug-likeness (QED) is 0.446. The van der Waals surface area contributed by atoms with Crippen molar-refractivity contribution in [1.82, 2.24) is 9.58 Å². The summed E-state index contributed by atoms with van der Waals surface area (Å²) in [6.07, 6.45) is -4.40. The van der Waals surface area contributed by atoms with Gasteiger partial charge in [-0.05, 0) is 17.7 Å². The van der Waals surface area contributed by atoms with E-state index in [1.54, 1.807) is 17.1 Å². The van der Waals surface area contributed by atoms with Crippen molar-refractivity contribution < 1.29 is 41.3 Å². The summed E-state index contributed by atoms with van der Waals surface area (Å²) in [5.41, 5.74) is -1.05. The third-order valence-electron chi connectivity index (χ3n) is 8.06. The number of hydrogen-bond donors (Lipinski definition) is 1. The standard InChI is InChI=1S/C27H21F5N4O5/c28-16-5-4-13-15(21(16)29)10-34-19(27(30,31)32)11-41-18-3-1-2-14(23(18)34)22(13)36-20-12-40-9-8-33(20)26(39)24-25(38)17(37)6-7-35(24)36/h1-7,19-20,22,38H,8-12H2/t19?,20-,22+/m1/s1. The molecule has 1 aromatic heterocycles. The normalized spacial score (nSPS) is 23.2. The number of nitrogens with zero attached hydrogens (tertiary/aromatic N) is 4. The third-order valence-corrected chi connectivity index (χ3v) is 8.06. The number of morpholine rings is 1. The van der Waals surface area contributed by atoms with Gasteiger partial charge in [0.05, 0.1) is 18.9 Å². The van der Waals surface area contributed by atoms with Gasteiger partial charge < -0.3 is 24.4 Å². The van der Waals surface area contributed by atoms with Crippen molar-refractivity contribution in [3.63, 3.8) is 0 Å². The van der Waals surface area contributed by atoms with Crippen molar-refractivity contribution in [3.8, 4) is 11.5 Å². The van der Waals surface area contributed by atoms with Gasteiger partial charge in [-0.2, -0.15) is 13.2 Å². The first kappa shape index (κ1) is 25.6. The summed E-state index contributed by atoms with van der Waals surface area (Å²) in [6.45, 7) is -1.18. The number of aromatic nitrogens is 1. The molecule has 1 saturated heterocycles. The summed E-state index contributed by atoms with van der Waals surface area (Å²) in [7, 11) is 0. The zero-order chi connectivity index (χ0) is 28.8. The smallest absolute Gasteiger partial charge is 0.412 e. The molecule has 5 heterocycles. The lowest BCUT2D eigenvalue weighted by atomic mass is 9.92. The van der Waals surface area contributed by atoms with Crippen molar-refractivity contribution >= 4 is 11.6 Å². The first-order chi connectivity index (χ1) is 19.6. The number of ether oxygens (including phenoxy) is 2. The number of anilines is 1. The Bertz CT molecular complexity index is 1660. The number of carbonyl (C=O) groups is 1. The van der Waals surface area contributed by atoms with E-state index in [9.17, 15) is 32.3 Å². The second-order valence-electron chi connectivity index (χ2n) is 10.2. The Hall–Kier alpha value is -4.33. The van der Waals surface area contributed by atoms with Crippen molar-refractivity contribution in [1.29, 1.82) is 0 Å². The minimum Gasteiger partial charge on any atom is -0.502 e. The van der Waals surface area contributed by atoms with Crippen LogP contribution in [-0.2, 0) is 11.3 Å². The highest BCUT2D eigenvalue weighted by Crippen LogP contribution is 2.50. The Balaban J connectivity index is 1.56. The minimum absolute atomic E-state index is 0.0362. The van der Waals surface area contributed by atoms with Gasteiger partial charge in [0.25, 0.3) is 5.91 Å². The number of carbonyl (C=O) groups excluding carboxylic acids is 1. The van der Waals surface area contributed by atoms with Crippen LogP contribution in [-0.4, -0.2) is 65.3 Å². The number of amides is 1. The maximum Gasteiger partial charge on any atom is 0.412 e. The topological polar surface area (TPSA) is 87.5 Å². The lowest BCUT2D eigenvalue weighted by molar-refractivity contribution is -0.157. The van der Waals surface area contributed by atoms with Crippen LogP contribution in [0.25, 0.3) is 0 Å². The van der Waals surface area contributed by atoms with Gasteiger partial charge in [0.1, 0.15) is 24.6 Å². The molecule has 1 unspecified atom stereocenters. The first-order valence-electron chi connectivity index (χ1n) is 12.8. The zero-order valence-corrected chi connectivity index (χ0v) is 21.1. The summed E-state index contributed by atoms with van der Waals surface area (Å²) in [5.74, 6) is -3.88. The summed E-state index contributed by atoms with van der Waals surface area (Å²) >= 11 is 0. The molecule has 9 nitrogen and oxygen atoms in total. The van der Waals surface area contributed by atoms with Crippen LogP contribution in [0.4, 0.5) is 27.6 Å². The molecule has 0 bridgehead atoms. The molecule has 41 heavy (non-hydrogen) atoms. The van der Waals surface area contributed by atoms with Crippen molar-refractivity contribution in [2.45, 2.75) is 31.0 Å². The predicted molar refractivity (Wildman–Crippen MR) is 132 cm³/mol. The third kappa shape index (κ3) is 3.62. The van der Waals surface area contributed by atoms with Crippen molar-refractivity contribution in [2.24, 2.45) is 0 Å². The molecule has 3 aromatic rings. The molecule has 0 saturated carbocycles. The Labute approximate surface area is 228 Å². The highest BCUT2D eigenvalue weighted by Gasteiger charge is 2.52. The Morgan fingerprint density at radius 2 is 1.78 bits per heavy atom. The van der Waals surface area contributed by atoms with Crippen LogP contribution in [0, 0.1) is 11.6 Å². The number of benzene rings is 2. The maximum atomic E-state index is 15.6. The van der Waals surface area contributed by atoms with Gasteiger partial charge >= 0.3 is 6.18 Å².